The Kier molecular flexibility index (Phi) is 6.88. The van der Waals surface area contributed by atoms with E-state index in [0.29, 0.717) is 0 Å². The molecule has 0 aromatic rings. The molecule has 0 radical (unpaired) electrons. The predicted octanol–water partition coefficient (Wildman–Crippen LogP) is 2.59. The van der Waals surface area contributed by atoms with Crippen LogP contribution >= 0.6 is 0 Å². The van der Waals surface area contributed by atoms with Gasteiger partial charge in [0.05, 0.1) is 13.5 Å². The van der Waals surface area contributed by atoms with Gasteiger partial charge in [0.2, 0.25) is 5.91 Å². The maximum Gasteiger partial charge on any atom is 0.306 e. The molecule has 2 aliphatic rings. The SMILES string of the molecule is CCCCCN1CCC[C@]12CCCN(C(=O)CCC(=O)OC)C2. The number of esters is 1. The van der Waals surface area contributed by atoms with E-state index in [4.69, 9.17) is 0 Å². The summed E-state index contributed by atoms with van der Waals surface area (Å²) in [4.78, 5) is 28.3. The number of carbonyl (C=O) groups excluding carboxylic acids is 2. The first-order valence-corrected chi connectivity index (χ1v) is 9.21. The van der Waals surface area contributed by atoms with Crippen molar-refractivity contribution >= 4 is 11.9 Å². The van der Waals surface area contributed by atoms with Gasteiger partial charge >= 0.3 is 5.97 Å². The number of methoxy groups -OCH3 is 1. The Morgan fingerprint density at radius 1 is 1.09 bits per heavy atom. The molecule has 0 unspecified atom stereocenters. The number of hydrogen-bond donors (Lipinski definition) is 0. The highest BCUT2D eigenvalue weighted by atomic mass is 16.5. The number of carbonyl (C=O) groups is 2. The number of unbranched alkanes of at least 4 members (excludes halogenated alkanes) is 2. The first kappa shape index (κ1) is 18.2. The summed E-state index contributed by atoms with van der Waals surface area (Å²) in [6.07, 6.45) is 9.00. The number of piperidine rings is 1. The van der Waals surface area contributed by atoms with Crippen LogP contribution in [0.4, 0.5) is 0 Å². The molecule has 5 nitrogen and oxygen atoms in total. The Morgan fingerprint density at radius 3 is 2.52 bits per heavy atom. The minimum absolute atomic E-state index is 0.106. The minimum atomic E-state index is -0.299. The van der Waals surface area contributed by atoms with Crippen molar-refractivity contribution in [2.24, 2.45) is 0 Å². The zero-order chi connectivity index (χ0) is 16.7. The van der Waals surface area contributed by atoms with Crippen molar-refractivity contribution in [1.29, 1.82) is 0 Å². The molecule has 0 bridgehead atoms. The van der Waals surface area contributed by atoms with Gasteiger partial charge in [0.25, 0.3) is 0 Å². The first-order valence-electron chi connectivity index (χ1n) is 9.21. The van der Waals surface area contributed by atoms with Crippen molar-refractivity contribution < 1.29 is 14.3 Å². The number of hydrogen-bond acceptors (Lipinski definition) is 4. The van der Waals surface area contributed by atoms with Crippen LogP contribution in [0.15, 0.2) is 0 Å². The second-order valence-electron chi connectivity index (χ2n) is 7.02. The van der Waals surface area contributed by atoms with Gasteiger partial charge in [-0.05, 0) is 45.2 Å². The van der Waals surface area contributed by atoms with Gasteiger partial charge in [-0.25, -0.2) is 0 Å². The molecule has 2 heterocycles. The second-order valence-corrected chi connectivity index (χ2v) is 7.02. The van der Waals surface area contributed by atoms with Crippen molar-refractivity contribution in [1.82, 2.24) is 9.80 Å². The zero-order valence-corrected chi connectivity index (χ0v) is 14.8. The molecule has 132 valence electrons. The molecular formula is C18H32N2O3. The third-order valence-electron chi connectivity index (χ3n) is 5.45. The normalized spacial score (nSPS) is 25.0. The molecule has 2 fully saturated rings. The summed E-state index contributed by atoms with van der Waals surface area (Å²) in [6.45, 7) is 6.26. The fraction of sp³-hybridized carbons (Fsp3) is 0.889. The van der Waals surface area contributed by atoms with Gasteiger partial charge in [-0.15, -0.1) is 0 Å². The molecule has 23 heavy (non-hydrogen) atoms. The van der Waals surface area contributed by atoms with Crippen LogP contribution in [0.25, 0.3) is 0 Å². The Bertz CT molecular complexity index is 413. The summed E-state index contributed by atoms with van der Waals surface area (Å²) in [7, 11) is 1.37. The van der Waals surface area contributed by atoms with Gasteiger partial charge in [0.1, 0.15) is 0 Å². The number of nitrogens with zero attached hydrogens (tertiary/aromatic N) is 2. The maximum atomic E-state index is 12.4. The van der Waals surface area contributed by atoms with Crippen molar-refractivity contribution in [2.75, 3.05) is 33.3 Å². The van der Waals surface area contributed by atoms with E-state index in [-0.39, 0.29) is 30.3 Å². The van der Waals surface area contributed by atoms with Crippen molar-refractivity contribution in [3.63, 3.8) is 0 Å². The molecule has 2 rings (SSSR count). The number of amides is 1. The van der Waals surface area contributed by atoms with E-state index in [1.54, 1.807) is 0 Å². The smallest absolute Gasteiger partial charge is 0.306 e. The van der Waals surface area contributed by atoms with E-state index >= 15 is 0 Å². The Morgan fingerprint density at radius 2 is 1.83 bits per heavy atom. The topological polar surface area (TPSA) is 49.9 Å². The molecule has 1 amide bonds. The fourth-order valence-electron chi connectivity index (χ4n) is 4.15. The van der Waals surface area contributed by atoms with Crippen LogP contribution < -0.4 is 0 Å². The summed E-state index contributed by atoms with van der Waals surface area (Å²) in [5.41, 5.74) is 0.201. The third-order valence-corrected chi connectivity index (χ3v) is 5.45. The highest BCUT2D eigenvalue weighted by Crippen LogP contribution is 2.37. The summed E-state index contributed by atoms with van der Waals surface area (Å²) >= 11 is 0. The maximum absolute atomic E-state index is 12.4. The van der Waals surface area contributed by atoms with E-state index in [0.717, 1.165) is 26.1 Å². The van der Waals surface area contributed by atoms with Gasteiger partial charge in [-0.1, -0.05) is 19.8 Å². The predicted molar refractivity (Wildman–Crippen MR) is 90.1 cm³/mol. The Hall–Kier alpha value is -1.10. The van der Waals surface area contributed by atoms with E-state index in [1.165, 1.54) is 52.2 Å². The average Bonchev–Trinajstić information content (AvgIpc) is 2.94. The molecule has 5 heteroatoms. The standard InChI is InChI=1S/C18H32N2O3/c1-3-4-5-13-20-14-7-11-18(20)10-6-12-19(15-18)16(21)8-9-17(22)23-2/h3-15H2,1-2H3/t18-/m0/s1. The monoisotopic (exact) mass is 324 g/mol. The summed E-state index contributed by atoms with van der Waals surface area (Å²) < 4.78 is 4.64. The van der Waals surface area contributed by atoms with E-state index in [2.05, 4.69) is 16.6 Å². The summed E-state index contributed by atoms with van der Waals surface area (Å²) in [5, 5.41) is 0. The van der Waals surface area contributed by atoms with Crippen LogP contribution in [0, 0.1) is 0 Å². The molecule has 1 spiro atoms. The van der Waals surface area contributed by atoms with E-state index in [1.807, 2.05) is 4.90 Å². The largest absolute Gasteiger partial charge is 0.469 e. The van der Waals surface area contributed by atoms with Crippen LogP contribution in [0.3, 0.4) is 0 Å². The molecule has 0 aromatic heterocycles. The number of rotatable bonds is 7. The number of ether oxygens (including phenoxy) is 1. The van der Waals surface area contributed by atoms with E-state index < -0.39 is 0 Å². The van der Waals surface area contributed by atoms with Crippen LogP contribution in [-0.2, 0) is 14.3 Å². The van der Waals surface area contributed by atoms with Crippen LogP contribution in [0.1, 0.15) is 64.7 Å². The summed E-state index contributed by atoms with van der Waals surface area (Å²) in [5.74, 6) is -0.193. The molecule has 0 N–H and O–H groups in total. The summed E-state index contributed by atoms with van der Waals surface area (Å²) in [6, 6.07) is 0. The first-order chi connectivity index (χ1) is 11.1. The fourth-order valence-corrected chi connectivity index (χ4v) is 4.15. The molecule has 0 aromatic carbocycles. The van der Waals surface area contributed by atoms with Crippen LogP contribution in [0.2, 0.25) is 0 Å². The van der Waals surface area contributed by atoms with Crippen LogP contribution in [-0.4, -0.2) is 60.5 Å². The average molecular weight is 324 g/mol. The quantitative estimate of drug-likeness (QED) is 0.533. The highest BCUT2D eigenvalue weighted by molar-refractivity contribution is 5.81. The van der Waals surface area contributed by atoms with Gasteiger partial charge in [0.15, 0.2) is 0 Å². The number of likely N-dealkylation sites (tertiary alicyclic amines) is 2. The second kappa shape index (κ2) is 8.67. The van der Waals surface area contributed by atoms with Crippen molar-refractivity contribution in [3.8, 4) is 0 Å². The van der Waals surface area contributed by atoms with Crippen LogP contribution in [0.5, 0.6) is 0 Å². The van der Waals surface area contributed by atoms with Gasteiger partial charge < -0.3 is 9.64 Å². The Balaban J connectivity index is 1.90. The third kappa shape index (κ3) is 4.69. The zero-order valence-electron chi connectivity index (χ0n) is 14.8. The van der Waals surface area contributed by atoms with Gasteiger partial charge in [-0.2, -0.15) is 0 Å². The van der Waals surface area contributed by atoms with Crippen molar-refractivity contribution in [2.45, 2.75) is 70.3 Å². The lowest BCUT2D eigenvalue weighted by atomic mass is 9.86. The molecule has 1 atom stereocenters. The molecule has 2 aliphatic heterocycles. The minimum Gasteiger partial charge on any atom is -0.469 e. The molecule has 2 saturated heterocycles. The van der Waals surface area contributed by atoms with Gasteiger partial charge in [-0.3, -0.25) is 14.5 Å². The lowest BCUT2D eigenvalue weighted by Gasteiger charge is -2.46. The lowest BCUT2D eigenvalue weighted by Crippen LogP contribution is -2.57. The Labute approximate surface area is 140 Å². The lowest BCUT2D eigenvalue weighted by molar-refractivity contribution is -0.144. The highest BCUT2D eigenvalue weighted by Gasteiger charge is 2.44. The molecule has 0 saturated carbocycles. The van der Waals surface area contributed by atoms with Crippen molar-refractivity contribution in [3.05, 3.63) is 0 Å². The molecule has 0 aliphatic carbocycles. The van der Waals surface area contributed by atoms with Gasteiger partial charge in [0, 0.05) is 25.0 Å². The van der Waals surface area contributed by atoms with E-state index in [9.17, 15) is 9.59 Å². The molecular weight excluding hydrogens is 292 g/mol.